The highest BCUT2D eigenvalue weighted by Crippen LogP contribution is 2.30. The van der Waals surface area contributed by atoms with Gasteiger partial charge in [-0.05, 0) is 59.3 Å². The molecule has 0 radical (unpaired) electrons. The molecular weight excluding hydrogens is 367 g/mol. The molecule has 0 aliphatic carbocycles. The van der Waals surface area contributed by atoms with Gasteiger partial charge in [0.2, 0.25) is 0 Å². The SMILES string of the molecule is Cc1ccc(C(NN)c2ccc(I)c(Cl)c2)s1. The third-order valence-corrected chi connectivity index (χ3v) is 5.13. The third-order valence-electron chi connectivity index (χ3n) is 2.49. The van der Waals surface area contributed by atoms with Crippen molar-refractivity contribution in [3.63, 3.8) is 0 Å². The fourth-order valence-electron chi connectivity index (χ4n) is 1.64. The van der Waals surface area contributed by atoms with Crippen molar-refractivity contribution in [2.45, 2.75) is 13.0 Å². The number of rotatable bonds is 3. The number of benzene rings is 1. The van der Waals surface area contributed by atoms with Gasteiger partial charge in [0.15, 0.2) is 0 Å². The molecule has 1 heterocycles. The van der Waals surface area contributed by atoms with E-state index >= 15 is 0 Å². The first kappa shape index (κ1) is 13.3. The molecule has 5 heteroatoms. The van der Waals surface area contributed by atoms with Gasteiger partial charge in [0, 0.05) is 13.3 Å². The van der Waals surface area contributed by atoms with Crippen LogP contribution in [0.3, 0.4) is 0 Å². The molecule has 0 fully saturated rings. The van der Waals surface area contributed by atoms with Gasteiger partial charge in [-0.3, -0.25) is 5.84 Å². The molecule has 2 aromatic rings. The van der Waals surface area contributed by atoms with E-state index in [0.717, 1.165) is 14.2 Å². The van der Waals surface area contributed by atoms with Gasteiger partial charge in [-0.2, -0.15) is 0 Å². The molecule has 2 nitrogen and oxygen atoms in total. The lowest BCUT2D eigenvalue weighted by Gasteiger charge is -2.15. The molecule has 17 heavy (non-hydrogen) atoms. The Bertz CT molecular complexity index is 527. The summed E-state index contributed by atoms with van der Waals surface area (Å²) < 4.78 is 1.05. The molecule has 0 aliphatic heterocycles. The van der Waals surface area contributed by atoms with E-state index in [1.165, 1.54) is 9.75 Å². The predicted octanol–water partition coefficient (Wildman–Crippen LogP) is 3.87. The van der Waals surface area contributed by atoms with E-state index < -0.39 is 0 Å². The van der Waals surface area contributed by atoms with E-state index in [1.807, 2.05) is 18.2 Å². The molecule has 1 unspecified atom stereocenters. The van der Waals surface area contributed by atoms with Gasteiger partial charge in [0.1, 0.15) is 0 Å². The zero-order valence-electron chi connectivity index (χ0n) is 9.21. The van der Waals surface area contributed by atoms with Crippen molar-refractivity contribution in [2.75, 3.05) is 0 Å². The highest BCUT2D eigenvalue weighted by Gasteiger charge is 2.15. The minimum absolute atomic E-state index is 0.00296. The Morgan fingerprint density at radius 2 is 2.12 bits per heavy atom. The summed E-state index contributed by atoms with van der Waals surface area (Å²) in [6.45, 7) is 2.09. The Labute approximate surface area is 123 Å². The smallest absolute Gasteiger partial charge is 0.0803 e. The number of hydrazine groups is 1. The van der Waals surface area contributed by atoms with E-state index in [2.05, 4.69) is 47.1 Å². The van der Waals surface area contributed by atoms with E-state index in [0.29, 0.717) is 0 Å². The maximum absolute atomic E-state index is 6.13. The summed E-state index contributed by atoms with van der Waals surface area (Å²) in [5.41, 5.74) is 3.93. The minimum Gasteiger partial charge on any atom is -0.271 e. The van der Waals surface area contributed by atoms with Crippen molar-refractivity contribution in [3.8, 4) is 0 Å². The Kier molecular flexibility index (Phi) is 4.43. The normalized spacial score (nSPS) is 12.7. The monoisotopic (exact) mass is 378 g/mol. The van der Waals surface area contributed by atoms with Crippen molar-refractivity contribution in [1.82, 2.24) is 5.43 Å². The fourth-order valence-corrected chi connectivity index (χ4v) is 3.13. The molecule has 90 valence electrons. The van der Waals surface area contributed by atoms with Crippen molar-refractivity contribution >= 4 is 45.5 Å². The van der Waals surface area contributed by atoms with E-state index in [1.54, 1.807) is 11.3 Å². The first-order valence-corrected chi connectivity index (χ1v) is 7.36. The topological polar surface area (TPSA) is 38.0 Å². The molecule has 1 atom stereocenters. The average Bonchev–Trinajstić information content (AvgIpc) is 2.71. The van der Waals surface area contributed by atoms with Crippen molar-refractivity contribution < 1.29 is 0 Å². The highest BCUT2D eigenvalue weighted by molar-refractivity contribution is 14.1. The maximum Gasteiger partial charge on any atom is 0.0803 e. The van der Waals surface area contributed by atoms with Gasteiger partial charge in [-0.1, -0.05) is 17.7 Å². The summed E-state index contributed by atoms with van der Waals surface area (Å²) in [4.78, 5) is 2.47. The van der Waals surface area contributed by atoms with Crippen LogP contribution >= 0.6 is 45.5 Å². The number of hydrogen-bond donors (Lipinski definition) is 2. The highest BCUT2D eigenvalue weighted by atomic mass is 127. The molecule has 0 saturated carbocycles. The van der Waals surface area contributed by atoms with Crippen LogP contribution in [0, 0.1) is 10.5 Å². The van der Waals surface area contributed by atoms with Crippen LogP contribution in [0.2, 0.25) is 5.02 Å². The van der Waals surface area contributed by atoms with Crippen molar-refractivity contribution in [2.24, 2.45) is 5.84 Å². The fraction of sp³-hybridized carbons (Fsp3) is 0.167. The summed E-state index contributed by atoms with van der Waals surface area (Å²) in [6, 6.07) is 10.2. The number of nitrogens with one attached hydrogen (secondary N) is 1. The van der Waals surface area contributed by atoms with Gasteiger partial charge in [-0.25, -0.2) is 5.43 Å². The van der Waals surface area contributed by atoms with Gasteiger partial charge in [0.05, 0.1) is 11.1 Å². The van der Waals surface area contributed by atoms with Gasteiger partial charge < -0.3 is 0 Å². The lowest BCUT2D eigenvalue weighted by atomic mass is 10.1. The maximum atomic E-state index is 6.13. The summed E-state index contributed by atoms with van der Waals surface area (Å²) in [6.07, 6.45) is 0. The third kappa shape index (κ3) is 3.00. The number of hydrogen-bond acceptors (Lipinski definition) is 3. The van der Waals surface area contributed by atoms with Crippen LogP contribution in [-0.2, 0) is 0 Å². The molecular formula is C12H12ClIN2S. The summed E-state index contributed by atoms with van der Waals surface area (Å²) >= 11 is 10.1. The number of thiophene rings is 1. The Balaban J connectivity index is 2.38. The molecule has 0 spiro atoms. The predicted molar refractivity (Wildman–Crippen MR) is 82.4 cm³/mol. The van der Waals surface area contributed by atoms with E-state index in [9.17, 15) is 0 Å². The van der Waals surface area contributed by atoms with Crippen LogP contribution in [0.4, 0.5) is 0 Å². The number of halogens is 2. The van der Waals surface area contributed by atoms with Crippen LogP contribution < -0.4 is 11.3 Å². The average molecular weight is 379 g/mol. The Morgan fingerprint density at radius 3 is 2.65 bits per heavy atom. The standard InChI is InChI=1S/C12H12ClIN2S/c1-7-2-5-11(17-7)12(16-15)8-3-4-10(14)9(13)6-8/h2-6,12,16H,15H2,1H3. The van der Waals surface area contributed by atoms with Crippen molar-refractivity contribution in [3.05, 3.63) is 54.2 Å². The molecule has 0 saturated heterocycles. The van der Waals surface area contributed by atoms with Gasteiger partial charge in [-0.15, -0.1) is 11.3 Å². The second-order valence-electron chi connectivity index (χ2n) is 3.72. The first-order valence-electron chi connectivity index (χ1n) is 5.09. The van der Waals surface area contributed by atoms with Crippen LogP contribution in [-0.4, -0.2) is 0 Å². The van der Waals surface area contributed by atoms with E-state index in [-0.39, 0.29) is 6.04 Å². The summed E-state index contributed by atoms with van der Waals surface area (Å²) in [5.74, 6) is 5.65. The quantitative estimate of drug-likeness (QED) is 0.483. The zero-order chi connectivity index (χ0) is 12.4. The molecule has 0 aliphatic rings. The Morgan fingerprint density at radius 1 is 1.35 bits per heavy atom. The summed E-state index contributed by atoms with van der Waals surface area (Å²) in [5, 5.41) is 0.761. The zero-order valence-corrected chi connectivity index (χ0v) is 12.9. The lowest BCUT2D eigenvalue weighted by molar-refractivity contribution is 0.646. The van der Waals surface area contributed by atoms with Crippen LogP contribution in [0.15, 0.2) is 30.3 Å². The van der Waals surface area contributed by atoms with Crippen LogP contribution in [0.25, 0.3) is 0 Å². The van der Waals surface area contributed by atoms with Crippen LogP contribution in [0.1, 0.15) is 21.4 Å². The van der Waals surface area contributed by atoms with Crippen molar-refractivity contribution in [1.29, 1.82) is 0 Å². The molecule has 1 aromatic carbocycles. The molecule has 0 bridgehead atoms. The molecule has 2 rings (SSSR count). The van der Waals surface area contributed by atoms with Crippen LogP contribution in [0.5, 0.6) is 0 Å². The molecule has 3 N–H and O–H groups in total. The summed E-state index contributed by atoms with van der Waals surface area (Å²) in [7, 11) is 0. The second-order valence-corrected chi connectivity index (χ2v) is 6.61. The van der Waals surface area contributed by atoms with Gasteiger partial charge >= 0.3 is 0 Å². The first-order chi connectivity index (χ1) is 8.11. The minimum atomic E-state index is 0.00296. The molecule has 0 amide bonds. The van der Waals surface area contributed by atoms with Gasteiger partial charge in [0.25, 0.3) is 0 Å². The Hall–Kier alpha value is -0.140. The number of aryl methyl sites for hydroxylation is 1. The second kappa shape index (κ2) is 5.67. The molecule has 1 aromatic heterocycles. The largest absolute Gasteiger partial charge is 0.271 e. The number of nitrogens with two attached hydrogens (primary N) is 1. The van der Waals surface area contributed by atoms with E-state index in [4.69, 9.17) is 17.4 Å². The lowest BCUT2D eigenvalue weighted by Crippen LogP contribution is -2.28.